The maximum absolute atomic E-state index is 13.0. The highest BCUT2D eigenvalue weighted by molar-refractivity contribution is 7.81. The first-order valence-corrected chi connectivity index (χ1v) is 7.53. The van der Waals surface area contributed by atoms with Gasteiger partial charge in [-0.2, -0.15) is 25.8 Å². The van der Waals surface area contributed by atoms with Crippen LogP contribution in [-0.2, 0) is 17.4 Å². The molecule has 0 saturated carbocycles. The van der Waals surface area contributed by atoms with Crippen molar-refractivity contribution in [1.29, 1.82) is 0 Å². The molecule has 0 spiro atoms. The Morgan fingerprint density at radius 1 is 1.42 bits per heavy atom. The minimum Gasteiger partial charge on any atom is -0.463 e. The van der Waals surface area contributed by atoms with Gasteiger partial charge in [-0.1, -0.05) is 12.1 Å². The van der Waals surface area contributed by atoms with Crippen LogP contribution in [0.15, 0.2) is 28.9 Å². The van der Waals surface area contributed by atoms with Crippen LogP contribution in [0.3, 0.4) is 0 Å². The van der Waals surface area contributed by atoms with Crippen molar-refractivity contribution >= 4 is 36.6 Å². The van der Waals surface area contributed by atoms with Gasteiger partial charge in [0.05, 0.1) is 23.0 Å². The third-order valence-electron chi connectivity index (χ3n) is 3.49. The van der Waals surface area contributed by atoms with E-state index >= 15 is 0 Å². The number of fused-ring (bicyclic) bond motifs is 1. The Bertz CT molecular complexity index is 732. The number of nitrogens with one attached hydrogen (secondary N) is 1. The van der Waals surface area contributed by atoms with Crippen LogP contribution in [0.1, 0.15) is 18.1 Å². The maximum Gasteiger partial charge on any atom is 0.475 e. The Labute approximate surface area is 141 Å². The van der Waals surface area contributed by atoms with Crippen molar-refractivity contribution in [2.75, 3.05) is 0 Å². The SMILES string of the molecule is CC(S)C(=O)N[C@@H](Cc1coc2c(C(F)(F)F)cccc12)B(O)O. The fraction of sp³-hybridized carbons (Fsp3) is 0.357. The Balaban J connectivity index is 2.33. The molecule has 24 heavy (non-hydrogen) atoms. The van der Waals surface area contributed by atoms with Crippen LogP contribution in [0.4, 0.5) is 13.2 Å². The van der Waals surface area contributed by atoms with E-state index in [2.05, 4.69) is 17.9 Å². The number of benzene rings is 1. The minimum absolute atomic E-state index is 0.113. The fourth-order valence-corrected chi connectivity index (χ4v) is 2.34. The molecular formula is C14H15BF3NO4S. The summed E-state index contributed by atoms with van der Waals surface area (Å²) in [6, 6.07) is 3.58. The summed E-state index contributed by atoms with van der Waals surface area (Å²) in [7, 11) is -1.89. The molecule has 1 amide bonds. The van der Waals surface area contributed by atoms with Crippen molar-refractivity contribution in [3.63, 3.8) is 0 Å². The average Bonchev–Trinajstić information content (AvgIpc) is 2.88. The van der Waals surface area contributed by atoms with Gasteiger partial charge >= 0.3 is 13.3 Å². The zero-order valence-corrected chi connectivity index (χ0v) is 13.4. The molecule has 0 radical (unpaired) electrons. The Morgan fingerprint density at radius 3 is 2.62 bits per heavy atom. The molecule has 2 rings (SSSR count). The molecule has 0 bridgehead atoms. The monoisotopic (exact) mass is 361 g/mol. The predicted octanol–water partition coefficient (Wildman–Crippen LogP) is 1.81. The van der Waals surface area contributed by atoms with Gasteiger partial charge in [0, 0.05) is 5.39 Å². The third kappa shape index (κ3) is 4.06. The van der Waals surface area contributed by atoms with Crippen LogP contribution in [0.25, 0.3) is 11.0 Å². The number of rotatable bonds is 5. The van der Waals surface area contributed by atoms with Crippen molar-refractivity contribution in [2.24, 2.45) is 0 Å². The predicted molar refractivity (Wildman–Crippen MR) is 85.5 cm³/mol. The van der Waals surface area contributed by atoms with E-state index in [1.165, 1.54) is 19.1 Å². The van der Waals surface area contributed by atoms with E-state index in [1.54, 1.807) is 0 Å². The van der Waals surface area contributed by atoms with Gasteiger partial charge < -0.3 is 19.8 Å². The van der Waals surface area contributed by atoms with Gasteiger partial charge in [0.15, 0.2) is 0 Å². The van der Waals surface area contributed by atoms with E-state index in [4.69, 9.17) is 4.42 Å². The van der Waals surface area contributed by atoms with Gasteiger partial charge in [-0.05, 0) is 25.0 Å². The largest absolute Gasteiger partial charge is 0.475 e. The summed E-state index contributed by atoms with van der Waals surface area (Å²) in [6.07, 6.45) is -3.57. The highest BCUT2D eigenvalue weighted by atomic mass is 32.1. The minimum atomic E-state index is -4.57. The summed E-state index contributed by atoms with van der Waals surface area (Å²) < 4.78 is 43.9. The Hall–Kier alpha value is -1.65. The van der Waals surface area contributed by atoms with Crippen LogP contribution in [-0.4, -0.2) is 34.3 Å². The molecule has 0 fully saturated rings. The summed E-state index contributed by atoms with van der Waals surface area (Å²) in [6.45, 7) is 1.50. The van der Waals surface area contributed by atoms with E-state index in [1.807, 2.05) is 0 Å². The second-order valence-electron chi connectivity index (χ2n) is 5.35. The average molecular weight is 361 g/mol. The smallest absolute Gasteiger partial charge is 0.463 e. The quantitative estimate of drug-likeness (QED) is 0.484. The van der Waals surface area contributed by atoms with Crippen LogP contribution >= 0.6 is 12.6 Å². The van der Waals surface area contributed by atoms with Crippen LogP contribution in [0, 0.1) is 0 Å². The van der Waals surface area contributed by atoms with Crippen LogP contribution < -0.4 is 5.32 Å². The molecular weight excluding hydrogens is 346 g/mol. The number of alkyl halides is 3. The lowest BCUT2D eigenvalue weighted by molar-refractivity contribution is -0.136. The molecule has 2 atom stereocenters. The van der Waals surface area contributed by atoms with E-state index in [0.717, 1.165) is 12.3 Å². The number of hydrogen-bond acceptors (Lipinski definition) is 5. The molecule has 5 nitrogen and oxygen atoms in total. The summed E-state index contributed by atoms with van der Waals surface area (Å²) in [5.41, 5.74) is -0.929. The number of hydrogen-bond donors (Lipinski definition) is 4. The molecule has 0 saturated heterocycles. The first kappa shape index (κ1) is 18.7. The lowest BCUT2D eigenvalue weighted by Gasteiger charge is -2.18. The van der Waals surface area contributed by atoms with Gasteiger partial charge in [-0.15, -0.1) is 0 Å². The lowest BCUT2D eigenvalue weighted by atomic mass is 9.75. The lowest BCUT2D eigenvalue weighted by Crippen LogP contribution is -2.49. The Morgan fingerprint density at radius 2 is 2.08 bits per heavy atom. The molecule has 3 N–H and O–H groups in total. The molecule has 0 aliphatic carbocycles. The normalized spacial score (nSPS) is 14.5. The van der Waals surface area contributed by atoms with E-state index in [0.29, 0.717) is 5.56 Å². The molecule has 130 valence electrons. The van der Waals surface area contributed by atoms with Gasteiger partial charge in [-0.25, -0.2) is 0 Å². The van der Waals surface area contributed by atoms with Crippen molar-refractivity contribution in [2.45, 2.75) is 30.7 Å². The number of carbonyl (C=O) groups is 1. The zero-order valence-electron chi connectivity index (χ0n) is 12.5. The first-order valence-electron chi connectivity index (χ1n) is 7.02. The molecule has 1 unspecified atom stereocenters. The second-order valence-corrected chi connectivity index (χ2v) is 6.12. The van der Waals surface area contributed by atoms with Crippen molar-refractivity contribution < 1.29 is 32.4 Å². The molecule has 1 heterocycles. The topological polar surface area (TPSA) is 82.7 Å². The fourth-order valence-electron chi connectivity index (χ4n) is 2.26. The van der Waals surface area contributed by atoms with Gasteiger partial charge in [-0.3, -0.25) is 4.79 Å². The molecule has 0 aliphatic rings. The number of amides is 1. The summed E-state index contributed by atoms with van der Waals surface area (Å²) in [4.78, 5) is 11.7. The van der Waals surface area contributed by atoms with Gasteiger partial charge in [0.25, 0.3) is 0 Å². The number of thiol groups is 1. The van der Waals surface area contributed by atoms with E-state index in [9.17, 15) is 28.0 Å². The highest BCUT2D eigenvalue weighted by Crippen LogP contribution is 2.36. The second kappa shape index (κ2) is 7.08. The van der Waals surface area contributed by atoms with Crippen molar-refractivity contribution in [1.82, 2.24) is 5.32 Å². The standard InChI is InChI=1S/C14H15BF3NO4S/c1-7(24)13(20)19-11(15(21)22)5-8-6-23-12-9(8)3-2-4-10(12)14(16,17)18/h2-4,6-7,11,21-22,24H,5H2,1H3,(H,19,20)/t7?,11-/m0/s1. The molecule has 2 aromatic rings. The molecule has 10 heteroatoms. The summed E-state index contributed by atoms with van der Waals surface area (Å²) in [5, 5.41) is 20.7. The van der Waals surface area contributed by atoms with Crippen LogP contribution in [0.5, 0.6) is 0 Å². The van der Waals surface area contributed by atoms with E-state index < -0.39 is 36.0 Å². The van der Waals surface area contributed by atoms with E-state index in [-0.39, 0.29) is 17.4 Å². The van der Waals surface area contributed by atoms with Crippen molar-refractivity contribution in [3.05, 3.63) is 35.6 Å². The van der Waals surface area contributed by atoms with Crippen molar-refractivity contribution in [3.8, 4) is 0 Å². The number of furan rings is 1. The molecule has 0 aliphatic heterocycles. The number of halogens is 3. The zero-order chi connectivity index (χ0) is 18.1. The molecule has 1 aromatic carbocycles. The summed E-state index contributed by atoms with van der Waals surface area (Å²) in [5.74, 6) is -1.64. The molecule has 1 aromatic heterocycles. The van der Waals surface area contributed by atoms with Gasteiger partial charge in [0.1, 0.15) is 5.58 Å². The number of para-hydroxylation sites is 1. The Kier molecular flexibility index (Phi) is 5.51. The third-order valence-corrected chi connectivity index (χ3v) is 3.73. The summed E-state index contributed by atoms with van der Waals surface area (Å²) >= 11 is 3.94. The number of carbonyl (C=O) groups excluding carboxylic acids is 1. The van der Waals surface area contributed by atoms with Crippen LogP contribution in [0.2, 0.25) is 0 Å². The first-order chi connectivity index (χ1) is 11.1. The maximum atomic E-state index is 13.0. The highest BCUT2D eigenvalue weighted by Gasteiger charge is 2.35. The van der Waals surface area contributed by atoms with Gasteiger partial charge in [0.2, 0.25) is 5.91 Å².